The first-order chi connectivity index (χ1) is 12.1. The number of aromatic nitrogens is 2. The van der Waals surface area contributed by atoms with Gasteiger partial charge in [-0.2, -0.15) is 9.97 Å². The Hall–Kier alpha value is -2.70. The standard InChI is InChI=1S/C18H24N4O3/c1-23-14-5-4-12(9-15(14)24-2)8-13-6-7-22(11-13)16-10-17(25-3)21-18(19)20-16/h4-5,9-10,13H,6-8,11H2,1-3H3,(H2,19,20,21). The van der Waals surface area contributed by atoms with Gasteiger partial charge in [-0.3, -0.25) is 0 Å². The first kappa shape index (κ1) is 17.1. The fraction of sp³-hybridized carbons (Fsp3) is 0.444. The molecule has 134 valence electrons. The van der Waals surface area contributed by atoms with Gasteiger partial charge in [-0.15, -0.1) is 0 Å². The molecule has 0 amide bonds. The Balaban J connectivity index is 1.68. The first-order valence-electron chi connectivity index (χ1n) is 8.27. The van der Waals surface area contributed by atoms with Crippen molar-refractivity contribution >= 4 is 11.8 Å². The molecule has 1 atom stereocenters. The third kappa shape index (κ3) is 3.87. The molecule has 7 heteroatoms. The fourth-order valence-electron chi connectivity index (χ4n) is 3.25. The Morgan fingerprint density at radius 3 is 2.60 bits per heavy atom. The Labute approximate surface area is 147 Å². The van der Waals surface area contributed by atoms with Crippen molar-refractivity contribution in [3.05, 3.63) is 29.8 Å². The van der Waals surface area contributed by atoms with E-state index in [0.717, 1.165) is 43.2 Å². The maximum absolute atomic E-state index is 5.77. The lowest BCUT2D eigenvalue weighted by atomic mass is 9.98. The molecule has 0 radical (unpaired) electrons. The number of nitrogens with zero attached hydrogens (tertiary/aromatic N) is 3. The SMILES string of the molecule is COc1cc(N2CCC(Cc3ccc(OC)c(OC)c3)C2)nc(N)n1. The molecule has 1 aliphatic heterocycles. The van der Waals surface area contributed by atoms with Crippen molar-refractivity contribution in [2.45, 2.75) is 12.8 Å². The van der Waals surface area contributed by atoms with Gasteiger partial charge in [0.15, 0.2) is 11.5 Å². The normalized spacial score (nSPS) is 16.8. The lowest BCUT2D eigenvalue weighted by Gasteiger charge is -2.18. The molecular weight excluding hydrogens is 320 g/mol. The van der Waals surface area contributed by atoms with Gasteiger partial charge in [0.05, 0.1) is 21.3 Å². The summed E-state index contributed by atoms with van der Waals surface area (Å²) in [6.45, 7) is 1.87. The topological polar surface area (TPSA) is 82.7 Å². The monoisotopic (exact) mass is 344 g/mol. The van der Waals surface area contributed by atoms with Gasteiger partial charge < -0.3 is 24.8 Å². The number of methoxy groups -OCH3 is 3. The van der Waals surface area contributed by atoms with E-state index in [1.54, 1.807) is 21.3 Å². The zero-order chi connectivity index (χ0) is 17.8. The highest BCUT2D eigenvalue weighted by Gasteiger charge is 2.25. The van der Waals surface area contributed by atoms with E-state index in [4.69, 9.17) is 19.9 Å². The summed E-state index contributed by atoms with van der Waals surface area (Å²) in [5.74, 6) is 3.61. The number of ether oxygens (including phenoxy) is 3. The number of hydrogen-bond donors (Lipinski definition) is 1. The van der Waals surface area contributed by atoms with Crippen LogP contribution in [0.3, 0.4) is 0 Å². The summed E-state index contributed by atoms with van der Waals surface area (Å²) in [4.78, 5) is 10.6. The Bertz CT molecular complexity index is 738. The Kier molecular flexibility index (Phi) is 5.11. The molecule has 2 heterocycles. The summed E-state index contributed by atoms with van der Waals surface area (Å²) >= 11 is 0. The van der Waals surface area contributed by atoms with E-state index in [-0.39, 0.29) is 5.95 Å². The number of benzene rings is 1. The zero-order valence-electron chi connectivity index (χ0n) is 14.9. The average Bonchev–Trinajstić information content (AvgIpc) is 3.09. The van der Waals surface area contributed by atoms with Crippen LogP contribution in [0.5, 0.6) is 17.4 Å². The molecule has 7 nitrogen and oxygen atoms in total. The fourth-order valence-corrected chi connectivity index (χ4v) is 3.25. The van der Waals surface area contributed by atoms with Crippen molar-refractivity contribution in [2.24, 2.45) is 5.92 Å². The third-order valence-corrected chi connectivity index (χ3v) is 4.50. The zero-order valence-corrected chi connectivity index (χ0v) is 14.9. The highest BCUT2D eigenvalue weighted by Crippen LogP contribution is 2.31. The van der Waals surface area contributed by atoms with Crippen molar-refractivity contribution in [3.8, 4) is 17.4 Å². The smallest absolute Gasteiger partial charge is 0.225 e. The molecule has 0 bridgehead atoms. The van der Waals surface area contributed by atoms with Gasteiger partial charge in [0.2, 0.25) is 11.8 Å². The molecule has 1 saturated heterocycles. The van der Waals surface area contributed by atoms with Gasteiger partial charge in [-0.1, -0.05) is 6.07 Å². The minimum absolute atomic E-state index is 0.234. The van der Waals surface area contributed by atoms with Crippen LogP contribution in [0.4, 0.5) is 11.8 Å². The number of hydrogen-bond acceptors (Lipinski definition) is 7. The molecule has 1 aromatic heterocycles. The van der Waals surface area contributed by atoms with Crippen molar-refractivity contribution in [2.75, 3.05) is 45.1 Å². The molecule has 3 rings (SSSR count). The lowest BCUT2D eigenvalue weighted by Crippen LogP contribution is -2.22. The number of rotatable bonds is 6. The lowest BCUT2D eigenvalue weighted by molar-refractivity contribution is 0.354. The van der Waals surface area contributed by atoms with Gasteiger partial charge in [0, 0.05) is 19.2 Å². The van der Waals surface area contributed by atoms with Crippen molar-refractivity contribution in [1.82, 2.24) is 9.97 Å². The predicted molar refractivity (Wildman–Crippen MR) is 96.6 cm³/mol. The molecule has 1 aliphatic rings. The van der Waals surface area contributed by atoms with Gasteiger partial charge >= 0.3 is 0 Å². The minimum Gasteiger partial charge on any atom is -0.493 e. The van der Waals surface area contributed by atoms with Crippen LogP contribution in [-0.2, 0) is 6.42 Å². The molecule has 0 saturated carbocycles. The molecule has 1 fully saturated rings. The van der Waals surface area contributed by atoms with Gasteiger partial charge in [-0.05, 0) is 36.5 Å². The van der Waals surface area contributed by atoms with Crippen LogP contribution in [-0.4, -0.2) is 44.4 Å². The quantitative estimate of drug-likeness (QED) is 0.859. The van der Waals surface area contributed by atoms with Crippen molar-refractivity contribution in [1.29, 1.82) is 0 Å². The molecule has 1 aromatic carbocycles. The predicted octanol–water partition coefficient (Wildman–Crippen LogP) is 2.15. The molecule has 0 spiro atoms. The number of anilines is 2. The summed E-state index contributed by atoms with van der Waals surface area (Å²) in [6, 6.07) is 7.93. The molecule has 0 aliphatic carbocycles. The molecule has 2 N–H and O–H groups in total. The highest BCUT2D eigenvalue weighted by atomic mass is 16.5. The van der Waals surface area contributed by atoms with Crippen LogP contribution in [0.25, 0.3) is 0 Å². The van der Waals surface area contributed by atoms with E-state index in [1.165, 1.54) is 5.56 Å². The maximum atomic E-state index is 5.77. The largest absolute Gasteiger partial charge is 0.493 e. The van der Waals surface area contributed by atoms with Crippen molar-refractivity contribution in [3.63, 3.8) is 0 Å². The van der Waals surface area contributed by atoms with Crippen LogP contribution in [0, 0.1) is 5.92 Å². The molecule has 1 unspecified atom stereocenters. The van der Waals surface area contributed by atoms with Crippen LogP contribution in [0.1, 0.15) is 12.0 Å². The van der Waals surface area contributed by atoms with Crippen LogP contribution in [0.15, 0.2) is 24.3 Å². The van der Waals surface area contributed by atoms with Crippen LogP contribution >= 0.6 is 0 Å². The number of nitrogens with two attached hydrogens (primary N) is 1. The molecular formula is C18H24N4O3. The second kappa shape index (κ2) is 7.46. The summed E-state index contributed by atoms with van der Waals surface area (Å²) in [6.07, 6.45) is 2.08. The minimum atomic E-state index is 0.234. The van der Waals surface area contributed by atoms with E-state index < -0.39 is 0 Å². The average molecular weight is 344 g/mol. The summed E-state index contributed by atoms with van der Waals surface area (Å²) < 4.78 is 15.9. The summed E-state index contributed by atoms with van der Waals surface area (Å²) in [5.41, 5.74) is 7.01. The van der Waals surface area contributed by atoms with Gasteiger partial charge in [-0.25, -0.2) is 0 Å². The van der Waals surface area contributed by atoms with Gasteiger partial charge in [0.25, 0.3) is 0 Å². The Morgan fingerprint density at radius 2 is 1.88 bits per heavy atom. The maximum Gasteiger partial charge on any atom is 0.225 e. The summed E-state index contributed by atoms with van der Waals surface area (Å²) in [5, 5.41) is 0. The second-order valence-electron chi connectivity index (χ2n) is 6.12. The van der Waals surface area contributed by atoms with Gasteiger partial charge in [0.1, 0.15) is 5.82 Å². The van der Waals surface area contributed by atoms with Crippen LogP contribution in [0.2, 0.25) is 0 Å². The molecule has 25 heavy (non-hydrogen) atoms. The molecule has 2 aromatic rings. The van der Waals surface area contributed by atoms with Crippen LogP contribution < -0.4 is 24.8 Å². The third-order valence-electron chi connectivity index (χ3n) is 4.50. The van der Waals surface area contributed by atoms with E-state index >= 15 is 0 Å². The number of nitrogen functional groups attached to an aromatic ring is 1. The van der Waals surface area contributed by atoms with Crippen molar-refractivity contribution < 1.29 is 14.2 Å². The van der Waals surface area contributed by atoms with E-state index in [1.807, 2.05) is 18.2 Å². The Morgan fingerprint density at radius 1 is 1.08 bits per heavy atom. The first-order valence-corrected chi connectivity index (χ1v) is 8.27. The second-order valence-corrected chi connectivity index (χ2v) is 6.12. The van der Waals surface area contributed by atoms with E-state index in [0.29, 0.717) is 11.8 Å². The van der Waals surface area contributed by atoms with E-state index in [2.05, 4.69) is 20.9 Å². The van der Waals surface area contributed by atoms with E-state index in [9.17, 15) is 0 Å². The summed E-state index contributed by atoms with van der Waals surface area (Å²) in [7, 11) is 4.88. The highest BCUT2D eigenvalue weighted by molar-refractivity contribution is 5.47.